The zero-order chi connectivity index (χ0) is 14.2. The van der Waals surface area contributed by atoms with E-state index in [-0.39, 0.29) is 12.0 Å². The van der Waals surface area contributed by atoms with Crippen LogP contribution >= 0.6 is 0 Å². The third-order valence-electron chi connectivity index (χ3n) is 4.02. The fourth-order valence-corrected chi connectivity index (χ4v) is 2.25. The highest BCUT2D eigenvalue weighted by Crippen LogP contribution is 2.49. The van der Waals surface area contributed by atoms with Gasteiger partial charge in [-0.15, -0.1) is 6.42 Å². The molecule has 102 valence electrons. The van der Waals surface area contributed by atoms with Crippen LogP contribution in [0.4, 0.5) is 0 Å². The molecule has 1 amide bonds. The first kappa shape index (κ1) is 15.0. The molecular formula is C14H24N2O2. The van der Waals surface area contributed by atoms with E-state index in [2.05, 4.69) is 11.2 Å². The van der Waals surface area contributed by atoms with Crippen LogP contribution in [0.15, 0.2) is 0 Å². The maximum atomic E-state index is 12.3. The van der Waals surface area contributed by atoms with Crippen LogP contribution in [-0.2, 0) is 9.53 Å². The van der Waals surface area contributed by atoms with Crippen molar-refractivity contribution < 1.29 is 9.53 Å². The number of ether oxygens (including phenoxy) is 1. The van der Waals surface area contributed by atoms with Gasteiger partial charge < -0.3 is 15.8 Å². The van der Waals surface area contributed by atoms with Crippen molar-refractivity contribution in [2.24, 2.45) is 11.1 Å². The third kappa shape index (κ3) is 2.25. The lowest BCUT2D eigenvalue weighted by Crippen LogP contribution is -2.76. The smallest absolute Gasteiger partial charge is 0.242 e. The van der Waals surface area contributed by atoms with Crippen LogP contribution in [0.25, 0.3) is 0 Å². The molecule has 0 aromatic rings. The summed E-state index contributed by atoms with van der Waals surface area (Å²) in [5, 5.41) is 2.81. The molecule has 4 heteroatoms. The number of carbonyl (C=O) groups excluding carboxylic acids is 1. The molecule has 0 bridgehead atoms. The summed E-state index contributed by atoms with van der Waals surface area (Å²) in [5.41, 5.74) is 4.25. The summed E-state index contributed by atoms with van der Waals surface area (Å²) in [6.07, 6.45) is 5.92. The van der Waals surface area contributed by atoms with E-state index in [0.717, 1.165) is 0 Å². The lowest BCUT2D eigenvalue weighted by atomic mass is 9.54. The molecule has 1 aliphatic carbocycles. The number of carbonyl (C=O) groups is 1. The standard InChI is InChI=1S/C14H24N2O2/c1-7-12(3,4)16-11(17)14(15)9-10(18-8-2)13(14,5)6/h1,10H,8-9,15H2,2-6H3,(H,16,17). The number of terminal acetylenes is 1. The molecule has 3 N–H and O–H groups in total. The van der Waals surface area contributed by atoms with Crippen LogP contribution in [0, 0.1) is 17.8 Å². The Balaban J connectivity index is 2.79. The SMILES string of the molecule is C#CC(C)(C)NC(=O)C1(N)CC(OCC)C1(C)C. The van der Waals surface area contributed by atoms with Gasteiger partial charge in [-0.05, 0) is 20.8 Å². The van der Waals surface area contributed by atoms with Gasteiger partial charge in [0.25, 0.3) is 0 Å². The fourth-order valence-electron chi connectivity index (χ4n) is 2.25. The summed E-state index contributed by atoms with van der Waals surface area (Å²) in [4.78, 5) is 12.3. The van der Waals surface area contributed by atoms with E-state index in [9.17, 15) is 4.79 Å². The van der Waals surface area contributed by atoms with Gasteiger partial charge in [-0.25, -0.2) is 0 Å². The first-order valence-corrected chi connectivity index (χ1v) is 6.31. The molecule has 4 nitrogen and oxygen atoms in total. The predicted octanol–water partition coefficient (Wildman–Crippen LogP) is 1.05. The van der Waals surface area contributed by atoms with Crippen molar-refractivity contribution in [2.45, 2.75) is 58.2 Å². The van der Waals surface area contributed by atoms with Crippen LogP contribution < -0.4 is 11.1 Å². The number of rotatable bonds is 4. The molecule has 0 saturated heterocycles. The van der Waals surface area contributed by atoms with Crippen LogP contribution in [0.1, 0.15) is 41.0 Å². The van der Waals surface area contributed by atoms with Crippen molar-refractivity contribution in [3.8, 4) is 12.3 Å². The summed E-state index contributed by atoms with van der Waals surface area (Å²) >= 11 is 0. The van der Waals surface area contributed by atoms with Gasteiger partial charge in [0.2, 0.25) is 5.91 Å². The molecule has 18 heavy (non-hydrogen) atoms. The molecule has 2 unspecified atom stereocenters. The van der Waals surface area contributed by atoms with Crippen molar-refractivity contribution in [1.82, 2.24) is 5.32 Å². The third-order valence-corrected chi connectivity index (χ3v) is 4.02. The molecule has 1 rings (SSSR count). The first-order valence-electron chi connectivity index (χ1n) is 6.31. The van der Waals surface area contributed by atoms with Gasteiger partial charge in [0.15, 0.2) is 0 Å². The number of nitrogens with two attached hydrogens (primary N) is 1. The van der Waals surface area contributed by atoms with Gasteiger partial charge in [0, 0.05) is 18.4 Å². The van der Waals surface area contributed by atoms with Crippen molar-refractivity contribution >= 4 is 5.91 Å². The maximum Gasteiger partial charge on any atom is 0.242 e. The number of nitrogens with one attached hydrogen (secondary N) is 1. The summed E-state index contributed by atoms with van der Waals surface area (Å²) in [5.74, 6) is 2.34. The van der Waals surface area contributed by atoms with Crippen LogP contribution in [0.3, 0.4) is 0 Å². The van der Waals surface area contributed by atoms with Gasteiger partial charge in [0.1, 0.15) is 5.54 Å². The molecule has 0 aromatic heterocycles. The number of amides is 1. The van der Waals surface area contributed by atoms with Crippen molar-refractivity contribution in [3.63, 3.8) is 0 Å². The normalized spacial score (nSPS) is 30.2. The average molecular weight is 252 g/mol. The minimum Gasteiger partial charge on any atom is -0.378 e. The molecular weight excluding hydrogens is 228 g/mol. The van der Waals surface area contributed by atoms with E-state index in [0.29, 0.717) is 13.0 Å². The summed E-state index contributed by atoms with van der Waals surface area (Å²) in [6, 6.07) is 0. The molecule has 0 radical (unpaired) electrons. The van der Waals surface area contributed by atoms with Crippen molar-refractivity contribution in [2.75, 3.05) is 6.61 Å². The molecule has 0 aliphatic heterocycles. The van der Waals surface area contributed by atoms with Gasteiger partial charge in [-0.1, -0.05) is 19.8 Å². The minimum atomic E-state index is -0.916. The first-order chi connectivity index (χ1) is 8.10. The highest BCUT2D eigenvalue weighted by molar-refractivity contribution is 5.89. The minimum absolute atomic E-state index is 0.0206. The molecule has 1 saturated carbocycles. The Morgan fingerprint density at radius 2 is 2.17 bits per heavy atom. The van der Waals surface area contributed by atoms with Gasteiger partial charge in [0.05, 0.1) is 11.6 Å². The van der Waals surface area contributed by atoms with E-state index >= 15 is 0 Å². The van der Waals surface area contributed by atoms with Crippen LogP contribution in [0.5, 0.6) is 0 Å². The average Bonchev–Trinajstić information content (AvgIpc) is 2.27. The van der Waals surface area contributed by atoms with Crippen LogP contribution in [-0.4, -0.2) is 29.7 Å². The Hall–Kier alpha value is -1.05. The molecule has 1 aliphatic rings. The Kier molecular flexibility index (Phi) is 3.81. The summed E-state index contributed by atoms with van der Waals surface area (Å²) in [7, 11) is 0. The lowest BCUT2D eigenvalue weighted by Gasteiger charge is -2.58. The molecule has 0 heterocycles. The Morgan fingerprint density at radius 3 is 2.56 bits per heavy atom. The van der Waals surface area contributed by atoms with E-state index in [1.807, 2.05) is 20.8 Å². The van der Waals surface area contributed by atoms with Gasteiger partial charge >= 0.3 is 0 Å². The largest absolute Gasteiger partial charge is 0.378 e. The van der Waals surface area contributed by atoms with E-state index < -0.39 is 16.5 Å². The van der Waals surface area contributed by atoms with Crippen LogP contribution in [0.2, 0.25) is 0 Å². The second-order valence-corrected chi connectivity index (χ2v) is 6.06. The maximum absolute atomic E-state index is 12.3. The Morgan fingerprint density at radius 1 is 1.61 bits per heavy atom. The zero-order valence-corrected chi connectivity index (χ0v) is 12.0. The summed E-state index contributed by atoms with van der Waals surface area (Å²) < 4.78 is 5.59. The molecule has 0 spiro atoms. The lowest BCUT2D eigenvalue weighted by molar-refractivity contribution is -0.171. The second kappa shape index (κ2) is 4.56. The number of hydrogen-bond donors (Lipinski definition) is 2. The van der Waals surface area contributed by atoms with E-state index in [1.165, 1.54) is 0 Å². The monoisotopic (exact) mass is 252 g/mol. The van der Waals surface area contributed by atoms with Gasteiger partial charge in [-0.3, -0.25) is 4.79 Å². The number of hydrogen-bond acceptors (Lipinski definition) is 3. The Labute approximate surface area is 110 Å². The highest BCUT2D eigenvalue weighted by atomic mass is 16.5. The quantitative estimate of drug-likeness (QED) is 0.735. The van der Waals surface area contributed by atoms with E-state index in [1.54, 1.807) is 13.8 Å². The summed E-state index contributed by atoms with van der Waals surface area (Å²) in [6.45, 7) is 10.0. The topological polar surface area (TPSA) is 64.4 Å². The fraction of sp³-hybridized carbons (Fsp3) is 0.786. The van der Waals surface area contributed by atoms with Crippen molar-refractivity contribution in [1.29, 1.82) is 0 Å². The predicted molar refractivity (Wildman–Crippen MR) is 71.8 cm³/mol. The second-order valence-electron chi connectivity index (χ2n) is 6.06. The molecule has 1 fully saturated rings. The molecule has 0 aromatic carbocycles. The van der Waals surface area contributed by atoms with Gasteiger partial charge in [-0.2, -0.15) is 0 Å². The zero-order valence-electron chi connectivity index (χ0n) is 12.0. The highest BCUT2D eigenvalue weighted by Gasteiger charge is 2.63. The Bertz CT molecular complexity index is 382. The van der Waals surface area contributed by atoms with E-state index in [4.69, 9.17) is 16.9 Å². The van der Waals surface area contributed by atoms with Crippen molar-refractivity contribution in [3.05, 3.63) is 0 Å². The molecule has 2 atom stereocenters.